The summed E-state index contributed by atoms with van der Waals surface area (Å²) in [6.07, 6.45) is 5.27. The van der Waals surface area contributed by atoms with Gasteiger partial charge in [-0.1, -0.05) is 24.3 Å². The Kier molecular flexibility index (Phi) is 4.12. The highest BCUT2D eigenvalue weighted by atomic mass is 16.5. The van der Waals surface area contributed by atoms with Gasteiger partial charge < -0.3 is 9.47 Å². The Morgan fingerprint density at radius 2 is 1.56 bits per heavy atom. The van der Waals surface area contributed by atoms with E-state index in [2.05, 4.69) is 0 Å². The van der Waals surface area contributed by atoms with Crippen molar-refractivity contribution in [3.8, 4) is 0 Å². The van der Waals surface area contributed by atoms with Gasteiger partial charge in [0, 0.05) is 0 Å². The minimum Gasteiger partial charge on any atom is -0.462 e. The van der Waals surface area contributed by atoms with Crippen molar-refractivity contribution < 1.29 is 19.1 Å². The lowest BCUT2D eigenvalue weighted by atomic mass is 10.1. The van der Waals surface area contributed by atoms with E-state index < -0.39 is 11.9 Å². The van der Waals surface area contributed by atoms with Crippen LogP contribution in [-0.2, 0) is 9.47 Å². The molecule has 0 unspecified atom stereocenters. The Labute approximate surface area is 105 Å². The lowest BCUT2D eigenvalue weighted by molar-refractivity contribution is 0.0469. The molecule has 0 saturated heterocycles. The van der Waals surface area contributed by atoms with Crippen LogP contribution < -0.4 is 0 Å². The number of fused-ring (bicyclic) bond motifs is 1. The molecule has 0 bridgehead atoms. The van der Waals surface area contributed by atoms with Crippen LogP contribution in [0.1, 0.15) is 33.6 Å². The molecule has 0 amide bonds. The number of ether oxygens (including phenoxy) is 2. The van der Waals surface area contributed by atoms with Gasteiger partial charge in [0.05, 0.1) is 17.7 Å². The first-order valence-corrected chi connectivity index (χ1v) is 5.87. The fourth-order valence-electron chi connectivity index (χ4n) is 1.67. The van der Waals surface area contributed by atoms with Crippen LogP contribution in [0.15, 0.2) is 36.4 Å². The van der Waals surface area contributed by atoms with Crippen molar-refractivity contribution in [2.24, 2.45) is 0 Å². The standard InChI is InChI=1S/C14H14O4/c15-13-11-7-3-4-8-12(11)14(16)18-10-6-2-1-5-9-17-13/h1,3-5,7-8H,2,6,9-10H2/b5-1-. The summed E-state index contributed by atoms with van der Waals surface area (Å²) in [4.78, 5) is 23.6. The maximum Gasteiger partial charge on any atom is 0.339 e. The Morgan fingerprint density at radius 3 is 2.28 bits per heavy atom. The van der Waals surface area contributed by atoms with E-state index in [9.17, 15) is 9.59 Å². The van der Waals surface area contributed by atoms with Gasteiger partial charge in [0.2, 0.25) is 0 Å². The monoisotopic (exact) mass is 246 g/mol. The molecule has 0 spiro atoms. The predicted octanol–water partition coefficient (Wildman–Crippen LogP) is 2.35. The first-order valence-electron chi connectivity index (χ1n) is 5.87. The second-order valence-corrected chi connectivity index (χ2v) is 3.89. The third kappa shape index (κ3) is 2.97. The molecule has 2 rings (SSSR count). The van der Waals surface area contributed by atoms with Gasteiger partial charge in [-0.3, -0.25) is 0 Å². The van der Waals surface area contributed by atoms with Crippen molar-refractivity contribution in [1.82, 2.24) is 0 Å². The molecule has 0 atom stereocenters. The Hall–Kier alpha value is -2.10. The molecule has 0 saturated carbocycles. The first-order chi connectivity index (χ1) is 8.79. The molecule has 18 heavy (non-hydrogen) atoms. The third-order valence-corrected chi connectivity index (χ3v) is 2.59. The third-order valence-electron chi connectivity index (χ3n) is 2.59. The molecule has 1 aliphatic rings. The molecule has 4 nitrogen and oxygen atoms in total. The zero-order valence-electron chi connectivity index (χ0n) is 9.93. The molecule has 94 valence electrons. The zero-order chi connectivity index (χ0) is 12.8. The number of esters is 2. The number of allylic oxidation sites excluding steroid dienone is 1. The number of rotatable bonds is 0. The van der Waals surface area contributed by atoms with Gasteiger partial charge in [0.25, 0.3) is 0 Å². The quantitative estimate of drug-likeness (QED) is 0.521. The second kappa shape index (κ2) is 6.00. The van der Waals surface area contributed by atoms with Crippen molar-refractivity contribution >= 4 is 11.9 Å². The number of hydrogen-bond acceptors (Lipinski definition) is 4. The Bertz CT molecular complexity index is 476. The molecule has 1 aromatic rings. The van der Waals surface area contributed by atoms with Gasteiger partial charge in [0.15, 0.2) is 0 Å². The van der Waals surface area contributed by atoms with Gasteiger partial charge >= 0.3 is 11.9 Å². The molecule has 0 fully saturated rings. The smallest absolute Gasteiger partial charge is 0.339 e. The summed E-state index contributed by atoms with van der Waals surface area (Å²) in [6.45, 7) is 0.578. The molecular formula is C14H14O4. The molecule has 0 aromatic heterocycles. The second-order valence-electron chi connectivity index (χ2n) is 3.89. The van der Waals surface area contributed by atoms with E-state index in [1.165, 1.54) is 0 Å². The van der Waals surface area contributed by atoms with Crippen LogP contribution in [0.25, 0.3) is 0 Å². The summed E-state index contributed by atoms with van der Waals surface area (Å²) in [7, 11) is 0. The summed E-state index contributed by atoms with van der Waals surface area (Å²) in [5.74, 6) is -0.986. The topological polar surface area (TPSA) is 52.6 Å². The average Bonchev–Trinajstić information content (AvgIpc) is 2.40. The number of benzene rings is 1. The van der Waals surface area contributed by atoms with E-state index in [0.29, 0.717) is 6.61 Å². The van der Waals surface area contributed by atoms with E-state index in [1.54, 1.807) is 30.3 Å². The van der Waals surface area contributed by atoms with Gasteiger partial charge in [-0.2, -0.15) is 0 Å². The van der Waals surface area contributed by atoms with Gasteiger partial charge in [0.1, 0.15) is 6.61 Å². The van der Waals surface area contributed by atoms with Crippen LogP contribution in [0.4, 0.5) is 0 Å². The maximum atomic E-state index is 11.8. The van der Waals surface area contributed by atoms with Crippen LogP contribution >= 0.6 is 0 Å². The maximum absolute atomic E-state index is 11.8. The lowest BCUT2D eigenvalue weighted by Gasteiger charge is -2.09. The predicted molar refractivity (Wildman–Crippen MR) is 65.4 cm³/mol. The van der Waals surface area contributed by atoms with E-state index in [4.69, 9.17) is 9.47 Å². The number of carbonyl (C=O) groups is 2. The van der Waals surface area contributed by atoms with Gasteiger partial charge in [-0.05, 0) is 25.0 Å². The fraction of sp³-hybridized carbons (Fsp3) is 0.286. The highest BCUT2D eigenvalue weighted by Crippen LogP contribution is 2.13. The SMILES string of the molecule is O=C1OC/C=C\CCCOC(=O)c2ccccc21. The zero-order valence-corrected chi connectivity index (χ0v) is 9.93. The lowest BCUT2D eigenvalue weighted by Crippen LogP contribution is -2.15. The summed E-state index contributed by atoms with van der Waals surface area (Å²) in [6, 6.07) is 6.52. The highest BCUT2D eigenvalue weighted by Gasteiger charge is 2.18. The molecule has 0 aliphatic carbocycles. The van der Waals surface area contributed by atoms with Crippen molar-refractivity contribution in [2.75, 3.05) is 13.2 Å². The van der Waals surface area contributed by atoms with Crippen LogP contribution in [0.2, 0.25) is 0 Å². The minimum absolute atomic E-state index is 0.224. The molecular weight excluding hydrogens is 232 g/mol. The van der Waals surface area contributed by atoms with Gasteiger partial charge in [-0.25, -0.2) is 9.59 Å². The van der Waals surface area contributed by atoms with Crippen LogP contribution in [0, 0.1) is 0 Å². The normalized spacial score (nSPS) is 18.7. The average molecular weight is 246 g/mol. The molecule has 0 N–H and O–H groups in total. The number of carbonyl (C=O) groups excluding carboxylic acids is 2. The van der Waals surface area contributed by atoms with Crippen molar-refractivity contribution in [1.29, 1.82) is 0 Å². The fourth-order valence-corrected chi connectivity index (χ4v) is 1.67. The number of hydrogen-bond donors (Lipinski definition) is 0. The van der Waals surface area contributed by atoms with E-state index >= 15 is 0 Å². The van der Waals surface area contributed by atoms with Gasteiger partial charge in [-0.15, -0.1) is 0 Å². The largest absolute Gasteiger partial charge is 0.462 e. The minimum atomic E-state index is -0.507. The van der Waals surface area contributed by atoms with E-state index in [1.807, 2.05) is 6.08 Å². The van der Waals surface area contributed by atoms with Crippen molar-refractivity contribution in [2.45, 2.75) is 12.8 Å². The van der Waals surface area contributed by atoms with Crippen molar-refractivity contribution in [3.63, 3.8) is 0 Å². The first kappa shape index (κ1) is 12.4. The Morgan fingerprint density at radius 1 is 0.889 bits per heavy atom. The number of cyclic esters (lactones) is 2. The van der Waals surface area contributed by atoms with Crippen LogP contribution in [0.3, 0.4) is 0 Å². The van der Waals surface area contributed by atoms with Crippen molar-refractivity contribution in [3.05, 3.63) is 47.5 Å². The molecule has 1 aromatic carbocycles. The summed E-state index contributed by atoms with van der Waals surface area (Å²) in [5.41, 5.74) is 0.503. The highest BCUT2D eigenvalue weighted by molar-refractivity contribution is 6.03. The molecule has 1 heterocycles. The molecule has 1 aliphatic heterocycles. The molecule has 4 heteroatoms. The summed E-state index contributed by atoms with van der Waals surface area (Å²) >= 11 is 0. The summed E-state index contributed by atoms with van der Waals surface area (Å²) in [5, 5.41) is 0. The van der Waals surface area contributed by atoms with E-state index in [0.717, 1.165) is 12.8 Å². The molecule has 0 radical (unpaired) electrons. The summed E-state index contributed by atoms with van der Waals surface area (Å²) < 4.78 is 10.2. The van der Waals surface area contributed by atoms with Crippen LogP contribution in [-0.4, -0.2) is 25.2 Å². The Balaban J connectivity index is 2.28. The van der Waals surface area contributed by atoms with Crippen LogP contribution in [0.5, 0.6) is 0 Å². The van der Waals surface area contributed by atoms with E-state index in [-0.39, 0.29) is 17.7 Å².